The second-order valence-corrected chi connectivity index (χ2v) is 3.49. The van der Waals surface area contributed by atoms with Gasteiger partial charge in [0.2, 0.25) is 0 Å². The molecule has 0 spiro atoms. The van der Waals surface area contributed by atoms with Gasteiger partial charge in [-0.05, 0) is 12.8 Å². The molecule has 74 valence electrons. The number of aliphatic hydroxyl groups excluding tert-OH is 1. The van der Waals surface area contributed by atoms with Crippen molar-refractivity contribution in [2.45, 2.75) is 32.9 Å². The molecule has 0 aromatic rings. The van der Waals surface area contributed by atoms with Crippen molar-refractivity contribution in [2.75, 3.05) is 20.3 Å². The maximum atomic E-state index is 8.98. The van der Waals surface area contributed by atoms with Gasteiger partial charge in [-0.15, -0.1) is 0 Å². The van der Waals surface area contributed by atoms with Crippen LogP contribution in [0.4, 0.5) is 0 Å². The first-order chi connectivity index (χ1) is 5.61. The van der Waals surface area contributed by atoms with Crippen LogP contribution < -0.4 is 5.32 Å². The predicted molar refractivity (Wildman–Crippen MR) is 50.2 cm³/mol. The number of methoxy groups -OCH3 is 1. The predicted octanol–water partition coefficient (Wildman–Crippen LogP) is 0.628. The van der Waals surface area contributed by atoms with Gasteiger partial charge in [0.15, 0.2) is 0 Å². The second-order valence-electron chi connectivity index (χ2n) is 3.49. The molecular weight excluding hydrogens is 154 g/mol. The van der Waals surface area contributed by atoms with Crippen LogP contribution in [0, 0.1) is 5.92 Å². The number of rotatable bonds is 6. The molecule has 0 saturated carbocycles. The van der Waals surface area contributed by atoms with E-state index in [2.05, 4.69) is 19.2 Å². The number of hydrogen-bond acceptors (Lipinski definition) is 3. The number of nitrogens with one attached hydrogen (secondary N) is 1. The molecule has 2 atom stereocenters. The van der Waals surface area contributed by atoms with E-state index in [4.69, 9.17) is 9.84 Å². The number of ether oxygens (including phenoxy) is 1. The molecule has 0 fully saturated rings. The van der Waals surface area contributed by atoms with Crippen molar-refractivity contribution in [3.63, 3.8) is 0 Å². The van der Waals surface area contributed by atoms with E-state index >= 15 is 0 Å². The van der Waals surface area contributed by atoms with Crippen LogP contribution in [0.15, 0.2) is 0 Å². The van der Waals surface area contributed by atoms with E-state index in [1.54, 1.807) is 7.11 Å². The fraction of sp³-hybridized carbons (Fsp3) is 1.00. The summed E-state index contributed by atoms with van der Waals surface area (Å²) in [4.78, 5) is 0. The largest absolute Gasteiger partial charge is 0.395 e. The van der Waals surface area contributed by atoms with E-state index in [-0.39, 0.29) is 18.8 Å². The number of hydrogen-bond donors (Lipinski definition) is 2. The molecule has 12 heavy (non-hydrogen) atoms. The zero-order valence-corrected chi connectivity index (χ0v) is 8.50. The molecule has 0 radical (unpaired) electrons. The Balaban J connectivity index is 3.58. The molecule has 0 amide bonds. The van der Waals surface area contributed by atoms with Crippen molar-refractivity contribution in [1.82, 2.24) is 5.32 Å². The van der Waals surface area contributed by atoms with Crippen LogP contribution in [0.5, 0.6) is 0 Å². The van der Waals surface area contributed by atoms with Crippen molar-refractivity contribution in [3.05, 3.63) is 0 Å². The summed E-state index contributed by atoms with van der Waals surface area (Å²) >= 11 is 0. The first-order valence-electron chi connectivity index (χ1n) is 4.48. The summed E-state index contributed by atoms with van der Waals surface area (Å²) in [5.41, 5.74) is 0. The first kappa shape index (κ1) is 11.9. The molecule has 0 aliphatic heterocycles. The van der Waals surface area contributed by atoms with Gasteiger partial charge >= 0.3 is 0 Å². The Hall–Kier alpha value is -0.120. The van der Waals surface area contributed by atoms with Crippen LogP contribution >= 0.6 is 0 Å². The van der Waals surface area contributed by atoms with E-state index in [0.717, 1.165) is 6.54 Å². The summed E-state index contributed by atoms with van der Waals surface area (Å²) in [6, 6.07) is 0.183. The lowest BCUT2D eigenvalue weighted by atomic mass is 10.1. The lowest BCUT2D eigenvalue weighted by Crippen LogP contribution is -2.41. The van der Waals surface area contributed by atoms with Crippen LogP contribution in [0.2, 0.25) is 0 Å². The standard InChI is InChI=1S/C9H21NO2/c1-7(2)9(6-11)10-5-8(3)12-4/h7-11H,5-6H2,1-4H3. The van der Waals surface area contributed by atoms with Crippen LogP contribution in [-0.2, 0) is 4.74 Å². The Morgan fingerprint density at radius 1 is 1.33 bits per heavy atom. The molecule has 0 bridgehead atoms. The highest BCUT2D eigenvalue weighted by Gasteiger charge is 2.11. The Labute approximate surface area is 75.1 Å². The molecule has 0 aromatic heterocycles. The fourth-order valence-corrected chi connectivity index (χ4v) is 0.912. The van der Waals surface area contributed by atoms with Gasteiger partial charge in [-0.1, -0.05) is 13.8 Å². The molecule has 3 heteroatoms. The average Bonchev–Trinajstić information content (AvgIpc) is 2.04. The summed E-state index contributed by atoms with van der Waals surface area (Å²) in [5.74, 6) is 0.457. The molecular formula is C9H21NO2. The molecule has 0 saturated heterocycles. The highest BCUT2D eigenvalue weighted by atomic mass is 16.5. The minimum Gasteiger partial charge on any atom is -0.395 e. The number of aliphatic hydroxyl groups is 1. The molecule has 3 nitrogen and oxygen atoms in total. The summed E-state index contributed by atoms with van der Waals surface area (Å²) in [7, 11) is 1.69. The van der Waals surface area contributed by atoms with Crippen LogP contribution in [0.25, 0.3) is 0 Å². The van der Waals surface area contributed by atoms with Crippen LogP contribution in [0.3, 0.4) is 0 Å². The van der Waals surface area contributed by atoms with E-state index in [1.165, 1.54) is 0 Å². The van der Waals surface area contributed by atoms with Gasteiger partial charge in [-0.2, -0.15) is 0 Å². The Kier molecular flexibility index (Phi) is 6.34. The minimum absolute atomic E-state index is 0.183. The average molecular weight is 175 g/mol. The Morgan fingerprint density at radius 2 is 1.92 bits per heavy atom. The summed E-state index contributed by atoms with van der Waals surface area (Å²) in [5, 5.41) is 12.2. The molecule has 0 aliphatic rings. The van der Waals surface area contributed by atoms with Gasteiger partial charge in [-0.3, -0.25) is 0 Å². The van der Waals surface area contributed by atoms with Crippen molar-refractivity contribution < 1.29 is 9.84 Å². The van der Waals surface area contributed by atoms with E-state index in [0.29, 0.717) is 5.92 Å². The third kappa shape index (κ3) is 4.70. The third-order valence-corrected chi connectivity index (χ3v) is 2.07. The van der Waals surface area contributed by atoms with Gasteiger partial charge in [0.25, 0.3) is 0 Å². The van der Waals surface area contributed by atoms with Gasteiger partial charge in [-0.25, -0.2) is 0 Å². The van der Waals surface area contributed by atoms with Crippen molar-refractivity contribution in [3.8, 4) is 0 Å². The quantitative estimate of drug-likeness (QED) is 0.622. The van der Waals surface area contributed by atoms with Crippen molar-refractivity contribution >= 4 is 0 Å². The van der Waals surface area contributed by atoms with Gasteiger partial charge in [0.1, 0.15) is 0 Å². The lowest BCUT2D eigenvalue weighted by Gasteiger charge is -2.21. The summed E-state index contributed by atoms with van der Waals surface area (Å²) in [6.45, 7) is 7.16. The summed E-state index contributed by atoms with van der Waals surface area (Å²) < 4.78 is 5.08. The van der Waals surface area contributed by atoms with Crippen molar-refractivity contribution in [1.29, 1.82) is 0 Å². The lowest BCUT2D eigenvalue weighted by molar-refractivity contribution is 0.106. The first-order valence-corrected chi connectivity index (χ1v) is 4.48. The topological polar surface area (TPSA) is 41.5 Å². The summed E-state index contributed by atoms with van der Waals surface area (Å²) in [6.07, 6.45) is 0.206. The Morgan fingerprint density at radius 3 is 2.25 bits per heavy atom. The second kappa shape index (κ2) is 6.40. The molecule has 2 N–H and O–H groups in total. The molecule has 2 unspecified atom stereocenters. The normalized spacial score (nSPS) is 16.5. The molecule has 0 aromatic carbocycles. The SMILES string of the molecule is COC(C)CNC(CO)C(C)C. The maximum Gasteiger partial charge on any atom is 0.0667 e. The monoisotopic (exact) mass is 175 g/mol. The van der Waals surface area contributed by atoms with Crippen LogP contribution in [0.1, 0.15) is 20.8 Å². The molecule has 0 heterocycles. The fourth-order valence-electron chi connectivity index (χ4n) is 0.912. The molecule has 0 aliphatic carbocycles. The zero-order chi connectivity index (χ0) is 9.56. The van der Waals surface area contributed by atoms with Gasteiger partial charge in [0, 0.05) is 19.7 Å². The third-order valence-electron chi connectivity index (χ3n) is 2.07. The van der Waals surface area contributed by atoms with E-state index in [9.17, 15) is 0 Å². The van der Waals surface area contributed by atoms with E-state index in [1.807, 2.05) is 6.92 Å². The zero-order valence-electron chi connectivity index (χ0n) is 8.50. The van der Waals surface area contributed by atoms with Crippen LogP contribution in [-0.4, -0.2) is 37.5 Å². The van der Waals surface area contributed by atoms with Crippen molar-refractivity contribution in [2.24, 2.45) is 5.92 Å². The van der Waals surface area contributed by atoms with Gasteiger partial charge < -0.3 is 15.2 Å². The van der Waals surface area contributed by atoms with Gasteiger partial charge in [0.05, 0.1) is 12.7 Å². The highest BCUT2D eigenvalue weighted by molar-refractivity contribution is 4.70. The maximum absolute atomic E-state index is 8.98. The van der Waals surface area contributed by atoms with E-state index < -0.39 is 0 Å². The highest BCUT2D eigenvalue weighted by Crippen LogP contribution is 2.00. The minimum atomic E-state index is 0.183. The smallest absolute Gasteiger partial charge is 0.0667 e. The molecule has 0 rings (SSSR count). The Bertz CT molecular complexity index is 107.